The summed E-state index contributed by atoms with van der Waals surface area (Å²) in [7, 11) is 1.64. The fourth-order valence-electron chi connectivity index (χ4n) is 2.54. The molecule has 1 aliphatic rings. The Balaban J connectivity index is 2.16. The van der Waals surface area contributed by atoms with E-state index in [-0.39, 0.29) is 11.7 Å². The predicted octanol–water partition coefficient (Wildman–Crippen LogP) is 1.73. The van der Waals surface area contributed by atoms with Gasteiger partial charge in [-0.05, 0) is 30.9 Å². The van der Waals surface area contributed by atoms with Crippen LogP contribution in [0.2, 0.25) is 0 Å². The van der Waals surface area contributed by atoms with Crippen molar-refractivity contribution in [3.8, 4) is 0 Å². The summed E-state index contributed by atoms with van der Waals surface area (Å²) in [5.41, 5.74) is 6.58. The molecule has 1 amide bonds. The molecule has 6 nitrogen and oxygen atoms in total. The number of methoxy groups -OCH3 is 1. The lowest BCUT2D eigenvalue weighted by atomic mass is 9.67. The maximum atomic E-state index is 12.5. The highest BCUT2D eigenvalue weighted by Gasteiger charge is 2.48. The second kappa shape index (κ2) is 6.58. The SMILES string of the molecule is COCCc1ccccc1NC(=O)C1(/C(N)=N/O)CCC1. The van der Waals surface area contributed by atoms with Gasteiger partial charge in [0.2, 0.25) is 5.91 Å². The number of oxime groups is 1. The zero-order chi connectivity index (χ0) is 15.3. The van der Waals surface area contributed by atoms with Gasteiger partial charge in [0.05, 0.1) is 6.61 Å². The Kier molecular flexibility index (Phi) is 4.80. The molecule has 4 N–H and O–H groups in total. The molecule has 0 aromatic heterocycles. The van der Waals surface area contributed by atoms with Crippen molar-refractivity contribution >= 4 is 17.4 Å². The van der Waals surface area contributed by atoms with Crippen LogP contribution in [0.3, 0.4) is 0 Å². The van der Waals surface area contributed by atoms with Crippen molar-refractivity contribution in [2.24, 2.45) is 16.3 Å². The summed E-state index contributed by atoms with van der Waals surface area (Å²) in [4.78, 5) is 12.5. The molecule has 0 radical (unpaired) electrons. The first-order valence-electron chi connectivity index (χ1n) is 7.00. The number of rotatable bonds is 6. The van der Waals surface area contributed by atoms with Gasteiger partial charge < -0.3 is 21.0 Å². The molecule has 1 fully saturated rings. The van der Waals surface area contributed by atoms with E-state index in [2.05, 4.69) is 10.5 Å². The van der Waals surface area contributed by atoms with Crippen LogP contribution in [0.15, 0.2) is 29.4 Å². The first kappa shape index (κ1) is 15.3. The molecule has 0 spiro atoms. The van der Waals surface area contributed by atoms with E-state index >= 15 is 0 Å². The zero-order valence-electron chi connectivity index (χ0n) is 12.1. The molecule has 1 aromatic rings. The quantitative estimate of drug-likeness (QED) is 0.322. The molecule has 1 aliphatic carbocycles. The number of nitrogens with one attached hydrogen (secondary N) is 1. The number of para-hydroxylation sites is 1. The number of hydrogen-bond acceptors (Lipinski definition) is 4. The number of hydrogen-bond donors (Lipinski definition) is 3. The van der Waals surface area contributed by atoms with E-state index in [1.165, 1.54) is 0 Å². The molecular weight excluding hydrogens is 270 g/mol. The first-order valence-corrected chi connectivity index (χ1v) is 7.00. The van der Waals surface area contributed by atoms with Crippen LogP contribution in [0, 0.1) is 5.41 Å². The number of ether oxygens (including phenoxy) is 1. The summed E-state index contributed by atoms with van der Waals surface area (Å²) in [6.07, 6.45) is 2.82. The Labute approximate surface area is 124 Å². The summed E-state index contributed by atoms with van der Waals surface area (Å²) in [5.74, 6) is -0.227. The second-order valence-electron chi connectivity index (χ2n) is 5.27. The number of amides is 1. The Morgan fingerprint density at radius 3 is 2.76 bits per heavy atom. The second-order valence-corrected chi connectivity index (χ2v) is 5.27. The van der Waals surface area contributed by atoms with Gasteiger partial charge in [-0.2, -0.15) is 0 Å². The molecule has 1 aromatic carbocycles. The number of carbonyl (C=O) groups is 1. The highest BCUT2D eigenvalue weighted by atomic mass is 16.5. The van der Waals surface area contributed by atoms with E-state index in [1.54, 1.807) is 7.11 Å². The van der Waals surface area contributed by atoms with Crippen LogP contribution < -0.4 is 11.1 Å². The minimum atomic E-state index is -0.872. The monoisotopic (exact) mass is 291 g/mol. The van der Waals surface area contributed by atoms with Crippen molar-refractivity contribution in [1.82, 2.24) is 0 Å². The maximum Gasteiger partial charge on any atom is 0.238 e. The van der Waals surface area contributed by atoms with E-state index in [0.29, 0.717) is 25.9 Å². The number of carbonyl (C=O) groups excluding carboxylic acids is 1. The van der Waals surface area contributed by atoms with Crippen molar-refractivity contribution in [2.75, 3.05) is 19.0 Å². The third-order valence-electron chi connectivity index (χ3n) is 4.08. The fraction of sp³-hybridized carbons (Fsp3) is 0.467. The molecule has 0 atom stereocenters. The third-order valence-corrected chi connectivity index (χ3v) is 4.08. The maximum absolute atomic E-state index is 12.5. The van der Waals surface area contributed by atoms with E-state index < -0.39 is 5.41 Å². The van der Waals surface area contributed by atoms with E-state index in [1.807, 2.05) is 24.3 Å². The Morgan fingerprint density at radius 2 is 2.19 bits per heavy atom. The molecule has 21 heavy (non-hydrogen) atoms. The van der Waals surface area contributed by atoms with Crippen LogP contribution in [0.5, 0.6) is 0 Å². The zero-order valence-corrected chi connectivity index (χ0v) is 12.1. The lowest BCUT2D eigenvalue weighted by Crippen LogP contribution is -2.51. The summed E-state index contributed by atoms with van der Waals surface area (Å²) >= 11 is 0. The van der Waals surface area contributed by atoms with Gasteiger partial charge in [0.1, 0.15) is 5.41 Å². The summed E-state index contributed by atoms with van der Waals surface area (Å²) in [5, 5.41) is 14.8. The first-order chi connectivity index (χ1) is 10.1. The Morgan fingerprint density at radius 1 is 1.48 bits per heavy atom. The van der Waals surface area contributed by atoms with Gasteiger partial charge in [-0.25, -0.2) is 0 Å². The fourth-order valence-corrected chi connectivity index (χ4v) is 2.54. The smallest absolute Gasteiger partial charge is 0.238 e. The average Bonchev–Trinajstić information content (AvgIpc) is 2.45. The van der Waals surface area contributed by atoms with Gasteiger partial charge in [0.25, 0.3) is 0 Å². The van der Waals surface area contributed by atoms with Crippen LogP contribution in [-0.4, -0.2) is 30.7 Å². The lowest BCUT2D eigenvalue weighted by molar-refractivity contribution is -0.125. The van der Waals surface area contributed by atoms with Crippen LogP contribution in [0.25, 0.3) is 0 Å². The van der Waals surface area contributed by atoms with Crippen LogP contribution in [0.4, 0.5) is 5.69 Å². The van der Waals surface area contributed by atoms with Gasteiger partial charge in [0.15, 0.2) is 5.84 Å². The Hall–Kier alpha value is -2.08. The summed E-state index contributed by atoms with van der Waals surface area (Å²) in [6, 6.07) is 7.58. The molecule has 0 unspecified atom stereocenters. The molecule has 1 saturated carbocycles. The van der Waals surface area contributed by atoms with Gasteiger partial charge >= 0.3 is 0 Å². The summed E-state index contributed by atoms with van der Waals surface area (Å²) in [6.45, 7) is 0.582. The van der Waals surface area contributed by atoms with Crippen molar-refractivity contribution in [3.63, 3.8) is 0 Å². The minimum absolute atomic E-state index is 0.0133. The number of amidine groups is 1. The molecule has 2 rings (SSSR count). The summed E-state index contributed by atoms with van der Waals surface area (Å²) < 4.78 is 5.08. The van der Waals surface area contributed by atoms with Crippen molar-refractivity contribution < 1.29 is 14.7 Å². The Bertz CT molecular complexity index is 539. The average molecular weight is 291 g/mol. The molecule has 0 heterocycles. The minimum Gasteiger partial charge on any atom is -0.409 e. The van der Waals surface area contributed by atoms with Gasteiger partial charge in [-0.15, -0.1) is 0 Å². The predicted molar refractivity (Wildman–Crippen MR) is 80.3 cm³/mol. The third kappa shape index (κ3) is 3.00. The van der Waals surface area contributed by atoms with Crippen LogP contribution >= 0.6 is 0 Å². The molecule has 0 aliphatic heterocycles. The van der Waals surface area contributed by atoms with Gasteiger partial charge in [0, 0.05) is 12.8 Å². The van der Waals surface area contributed by atoms with Crippen molar-refractivity contribution in [3.05, 3.63) is 29.8 Å². The van der Waals surface area contributed by atoms with E-state index in [4.69, 9.17) is 15.7 Å². The highest BCUT2D eigenvalue weighted by molar-refractivity contribution is 6.12. The number of anilines is 1. The number of nitrogens with zero attached hydrogens (tertiary/aromatic N) is 1. The molecule has 0 saturated heterocycles. The van der Waals surface area contributed by atoms with Crippen molar-refractivity contribution in [1.29, 1.82) is 0 Å². The van der Waals surface area contributed by atoms with Crippen LogP contribution in [0.1, 0.15) is 24.8 Å². The number of benzene rings is 1. The van der Waals surface area contributed by atoms with E-state index in [0.717, 1.165) is 17.7 Å². The van der Waals surface area contributed by atoms with Crippen molar-refractivity contribution in [2.45, 2.75) is 25.7 Å². The number of nitrogens with two attached hydrogens (primary N) is 1. The van der Waals surface area contributed by atoms with Gasteiger partial charge in [-0.3, -0.25) is 4.79 Å². The highest BCUT2D eigenvalue weighted by Crippen LogP contribution is 2.42. The lowest BCUT2D eigenvalue weighted by Gasteiger charge is -2.38. The topological polar surface area (TPSA) is 96.9 Å². The van der Waals surface area contributed by atoms with Crippen LogP contribution in [-0.2, 0) is 16.0 Å². The van der Waals surface area contributed by atoms with Gasteiger partial charge in [-0.1, -0.05) is 29.8 Å². The molecule has 6 heteroatoms. The molecular formula is C15H21N3O3. The standard InChI is InChI=1S/C15H21N3O3/c1-21-10-7-11-5-2-3-6-12(11)17-14(19)15(8-4-9-15)13(16)18-20/h2-3,5-6,20H,4,7-10H2,1H3,(H2,16,18)(H,17,19). The normalized spacial score (nSPS) is 17.1. The molecule has 0 bridgehead atoms. The largest absolute Gasteiger partial charge is 0.409 e. The molecule has 114 valence electrons. The van der Waals surface area contributed by atoms with E-state index in [9.17, 15) is 4.79 Å².